The van der Waals surface area contributed by atoms with Gasteiger partial charge in [0, 0.05) is 19.1 Å². The molecule has 0 aromatic carbocycles. The highest BCUT2D eigenvalue weighted by molar-refractivity contribution is 4.75. The zero-order valence-electron chi connectivity index (χ0n) is 7.72. The van der Waals surface area contributed by atoms with Crippen LogP contribution in [0, 0.1) is 0 Å². The molecule has 0 rings (SSSR count). The van der Waals surface area contributed by atoms with E-state index in [2.05, 4.69) is 5.32 Å². The number of nitrogens with one attached hydrogen (secondary N) is 1. The summed E-state index contributed by atoms with van der Waals surface area (Å²) in [5, 5.41) is 12.7. The molecule has 11 heavy (non-hydrogen) atoms. The Kier molecular flexibility index (Phi) is 4.65. The number of nitrogens with two attached hydrogens (primary N) is 1. The van der Waals surface area contributed by atoms with Crippen LogP contribution in [0.1, 0.15) is 27.2 Å². The largest absolute Gasteiger partial charge is 0.389 e. The van der Waals surface area contributed by atoms with Crippen LogP contribution in [0.3, 0.4) is 0 Å². The molecule has 2 unspecified atom stereocenters. The van der Waals surface area contributed by atoms with Crippen molar-refractivity contribution in [3.8, 4) is 0 Å². The van der Waals surface area contributed by atoms with Crippen LogP contribution in [0.25, 0.3) is 0 Å². The molecule has 0 aliphatic heterocycles. The van der Waals surface area contributed by atoms with Crippen molar-refractivity contribution in [3.63, 3.8) is 0 Å². The van der Waals surface area contributed by atoms with E-state index in [9.17, 15) is 5.11 Å². The summed E-state index contributed by atoms with van der Waals surface area (Å²) in [4.78, 5) is 0. The summed E-state index contributed by atoms with van der Waals surface area (Å²) in [6.07, 6.45) is 0.761. The zero-order chi connectivity index (χ0) is 8.91. The van der Waals surface area contributed by atoms with Gasteiger partial charge in [-0.05, 0) is 20.3 Å². The highest BCUT2D eigenvalue weighted by atomic mass is 16.3. The van der Waals surface area contributed by atoms with Crippen LogP contribution in [-0.4, -0.2) is 29.8 Å². The number of hydrogen-bond donors (Lipinski definition) is 3. The molecule has 0 bridgehead atoms. The van der Waals surface area contributed by atoms with Crippen molar-refractivity contribution in [1.29, 1.82) is 0 Å². The molecule has 2 atom stereocenters. The van der Waals surface area contributed by atoms with E-state index >= 15 is 0 Å². The maximum atomic E-state index is 9.56. The van der Waals surface area contributed by atoms with E-state index < -0.39 is 5.60 Å². The van der Waals surface area contributed by atoms with Gasteiger partial charge >= 0.3 is 0 Å². The average molecular weight is 160 g/mol. The maximum Gasteiger partial charge on any atom is 0.0741 e. The fourth-order valence-corrected chi connectivity index (χ4v) is 0.602. The molecule has 0 aromatic rings. The average Bonchev–Trinajstić information content (AvgIpc) is 2.00. The van der Waals surface area contributed by atoms with E-state index in [1.165, 1.54) is 0 Å². The molecule has 0 aliphatic carbocycles. The first-order valence-electron chi connectivity index (χ1n) is 4.17. The van der Waals surface area contributed by atoms with Crippen LogP contribution >= 0.6 is 0 Å². The zero-order valence-corrected chi connectivity index (χ0v) is 7.72. The molecule has 0 heterocycles. The number of aliphatic hydroxyl groups is 1. The molecule has 0 saturated carbocycles. The summed E-state index contributed by atoms with van der Waals surface area (Å²) >= 11 is 0. The van der Waals surface area contributed by atoms with Gasteiger partial charge in [0.1, 0.15) is 0 Å². The minimum atomic E-state index is -0.594. The second-order valence-electron chi connectivity index (χ2n) is 3.37. The molecule has 3 heteroatoms. The molecule has 0 fully saturated rings. The first kappa shape index (κ1) is 10.9. The van der Waals surface area contributed by atoms with E-state index in [1.807, 2.05) is 20.8 Å². The summed E-state index contributed by atoms with van der Waals surface area (Å²) in [6.45, 7) is 7.02. The Hall–Kier alpha value is -0.120. The molecule has 0 saturated heterocycles. The summed E-state index contributed by atoms with van der Waals surface area (Å²) < 4.78 is 0. The number of rotatable bonds is 5. The van der Waals surface area contributed by atoms with Crippen molar-refractivity contribution < 1.29 is 5.11 Å². The first-order chi connectivity index (χ1) is 5.02. The van der Waals surface area contributed by atoms with Gasteiger partial charge in [-0.3, -0.25) is 0 Å². The lowest BCUT2D eigenvalue weighted by Crippen LogP contribution is -2.43. The summed E-state index contributed by atoms with van der Waals surface area (Å²) in [6, 6.07) is 0.285. The molecular weight excluding hydrogens is 140 g/mol. The Morgan fingerprint density at radius 2 is 2.18 bits per heavy atom. The highest BCUT2D eigenvalue weighted by Gasteiger charge is 2.17. The van der Waals surface area contributed by atoms with Crippen LogP contribution < -0.4 is 11.1 Å². The van der Waals surface area contributed by atoms with Crippen molar-refractivity contribution in [3.05, 3.63) is 0 Å². The molecule has 0 radical (unpaired) electrons. The van der Waals surface area contributed by atoms with Gasteiger partial charge in [-0.2, -0.15) is 0 Å². The van der Waals surface area contributed by atoms with Gasteiger partial charge in [-0.25, -0.2) is 0 Å². The normalized spacial score (nSPS) is 19.4. The summed E-state index contributed by atoms with van der Waals surface area (Å²) in [7, 11) is 0. The van der Waals surface area contributed by atoms with E-state index in [0.29, 0.717) is 13.1 Å². The van der Waals surface area contributed by atoms with E-state index in [4.69, 9.17) is 5.73 Å². The third-order valence-corrected chi connectivity index (χ3v) is 1.95. The maximum absolute atomic E-state index is 9.56. The summed E-state index contributed by atoms with van der Waals surface area (Å²) in [5.41, 5.74) is 4.80. The minimum absolute atomic E-state index is 0.285. The van der Waals surface area contributed by atoms with Crippen molar-refractivity contribution in [2.24, 2.45) is 5.73 Å². The monoisotopic (exact) mass is 160 g/mol. The fourth-order valence-electron chi connectivity index (χ4n) is 0.602. The van der Waals surface area contributed by atoms with Crippen LogP contribution in [0.5, 0.6) is 0 Å². The SMILES string of the molecule is CCC(C)(O)CNC(C)CN. The summed E-state index contributed by atoms with van der Waals surface area (Å²) in [5.74, 6) is 0. The molecule has 0 aromatic heterocycles. The van der Waals surface area contributed by atoms with E-state index in [0.717, 1.165) is 6.42 Å². The van der Waals surface area contributed by atoms with Gasteiger partial charge in [-0.15, -0.1) is 0 Å². The topological polar surface area (TPSA) is 58.3 Å². The van der Waals surface area contributed by atoms with Crippen LogP contribution in [-0.2, 0) is 0 Å². The molecule has 4 N–H and O–H groups in total. The third kappa shape index (κ3) is 5.18. The Morgan fingerprint density at radius 3 is 2.55 bits per heavy atom. The lowest BCUT2D eigenvalue weighted by atomic mass is 10.0. The molecule has 0 spiro atoms. The Morgan fingerprint density at radius 1 is 1.64 bits per heavy atom. The third-order valence-electron chi connectivity index (χ3n) is 1.95. The van der Waals surface area contributed by atoms with Crippen LogP contribution in [0.2, 0.25) is 0 Å². The van der Waals surface area contributed by atoms with Gasteiger partial charge in [0.25, 0.3) is 0 Å². The van der Waals surface area contributed by atoms with Gasteiger partial charge < -0.3 is 16.2 Å². The predicted octanol–water partition coefficient (Wildman–Crippen LogP) is 0.0842. The molecule has 0 amide bonds. The minimum Gasteiger partial charge on any atom is -0.389 e. The van der Waals surface area contributed by atoms with E-state index in [-0.39, 0.29) is 6.04 Å². The van der Waals surface area contributed by atoms with Crippen molar-refractivity contribution in [2.75, 3.05) is 13.1 Å². The Balaban J connectivity index is 3.52. The van der Waals surface area contributed by atoms with Gasteiger partial charge in [0.05, 0.1) is 5.60 Å². The lowest BCUT2D eigenvalue weighted by molar-refractivity contribution is 0.0536. The smallest absolute Gasteiger partial charge is 0.0741 e. The predicted molar refractivity (Wildman–Crippen MR) is 47.4 cm³/mol. The van der Waals surface area contributed by atoms with Crippen LogP contribution in [0.4, 0.5) is 0 Å². The molecular formula is C8H20N2O. The molecule has 3 nitrogen and oxygen atoms in total. The number of hydrogen-bond acceptors (Lipinski definition) is 3. The van der Waals surface area contributed by atoms with E-state index in [1.54, 1.807) is 0 Å². The second-order valence-corrected chi connectivity index (χ2v) is 3.37. The fraction of sp³-hybridized carbons (Fsp3) is 1.00. The standard InChI is InChI=1S/C8H20N2O/c1-4-8(3,11)6-10-7(2)5-9/h7,10-11H,4-6,9H2,1-3H3. The van der Waals surface area contributed by atoms with Crippen molar-refractivity contribution in [1.82, 2.24) is 5.32 Å². The van der Waals surface area contributed by atoms with Crippen LogP contribution in [0.15, 0.2) is 0 Å². The molecule has 0 aliphatic rings. The molecule has 68 valence electrons. The Bertz CT molecular complexity index is 104. The van der Waals surface area contributed by atoms with Crippen molar-refractivity contribution in [2.45, 2.75) is 38.8 Å². The quantitative estimate of drug-likeness (QED) is 0.534. The van der Waals surface area contributed by atoms with Gasteiger partial charge in [-0.1, -0.05) is 6.92 Å². The van der Waals surface area contributed by atoms with Crippen molar-refractivity contribution >= 4 is 0 Å². The first-order valence-corrected chi connectivity index (χ1v) is 4.17. The second kappa shape index (κ2) is 4.70. The highest BCUT2D eigenvalue weighted by Crippen LogP contribution is 2.05. The van der Waals surface area contributed by atoms with Gasteiger partial charge in [0.15, 0.2) is 0 Å². The Labute approximate surface area is 69.0 Å². The van der Waals surface area contributed by atoms with Gasteiger partial charge in [0.2, 0.25) is 0 Å². The lowest BCUT2D eigenvalue weighted by Gasteiger charge is -2.23.